The lowest BCUT2D eigenvalue weighted by Crippen LogP contribution is -2.54. The molecule has 78 valence electrons. The number of hydrogen-bond acceptors (Lipinski definition) is 4. The average Bonchev–Trinajstić information content (AvgIpc) is 2.16. The number of nitrogens with two attached hydrogens (primary N) is 1. The normalized spacial score (nSPS) is 27.5. The summed E-state index contributed by atoms with van der Waals surface area (Å²) in [4.78, 5) is 2.43. The second-order valence-corrected chi connectivity index (χ2v) is 4.83. The molecule has 1 aliphatic rings. The van der Waals surface area contributed by atoms with Crippen molar-refractivity contribution in [1.29, 1.82) is 0 Å². The number of nitrogens with zero attached hydrogens (tertiary/aromatic N) is 1. The van der Waals surface area contributed by atoms with E-state index in [9.17, 15) is 0 Å². The van der Waals surface area contributed by atoms with Crippen molar-refractivity contribution >= 4 is 11.8 Å². The van der Waals surface area contributed by atoms with Gasteiger partial charge in [0, 0.05) is 30.1 Å². The topological polar surface area (TPSA) is 41.3 Å². The van der Waals surface area contributed by atoms with Crippen molar-refractivity contribution in [2.45, 2.75) is 31.8 Å². The van der Waals surface area contributed by atoms with Crippen LogP contribution in [0.1, 0.15) is 19.8 Å². The Labute approximate surface area is 85.4 Å². The van der Waals surface area contributed by atoms with Crippen LogP contribution in [0.2, 0.25) is 0 Å². The highest BCUT2D eigenvalue weighted by Gasteiger charge is 2.26. The van der Waals surface area contributed by atoms with E-state index in [4.69, 9.17) is 5.84 Å². The van der Waals surface area contributed by atoms with Crippen molar-refractivity contribution < 1.29 is 0 Å². The number of hydrogen-bond donors (Lipinski definition) is 2. The quantitative estimate of drug-likeness (QED) is 0.520. The molecule has 3 N–H and O–H groups in total. The monoisotopic (exact) mass is 203 g/mol. The molecular weight excluding hydrogens is 182 g/mol. The van der Waals surface area contributed by atoms with E-state index < -0.39 is 0 Å². The van der Waals surface area contributed by atoms with Crippen LogP contribution < -0.4 is 11.3 Å². The first-order valence-corrected chi connectivity index (χ1v) is 6.19. The predicted molar refractivity (Wildman–Crippen MR) is 59.8 cm³/mol. The van der Waals surface area contributed by atoms with Crippen LogP contribution >= 0.6 is 11.8 Å². The van der Waals surface area contributed by atoms with Crippen LogP contribution in [0.3, 0.4) is 0 Å². The highest BCUT2D eigenvalue weighted by atomic mass is 32.2. The maximum absolute atomic E-state index is 5.57. The first-order valence-electron chi connectivity index (χ1n) is 5.03. The van der Waals surface area contributed by atoms with Crippen molar-refractivity contribution in [2.75, 3.05) is 25.1 Å². The first kappa shape index (κ1) is 11.3. The van der Waals surface area contributed by atoms with Crippen LogP contribution in [0.5, 0.6) is 0 Å². The predicted octanol–water partition coefficient (Wildman–Crippen LogP) is 0.666. The summed E-state index contributed by atoms with van der Waals surface area (Å²) in [7, 11) is 2.20. The van der Waals surface area contributed by atoms with Gasteiger partial charge in [-0.15, -0.1) is 0 Å². The van der Waals surface area contributed by atoms with Crippen molar-refractivity contribution in [3.05, 3.63) is 0 Å². The maximum atomic E-state index is 5.57. The van der Waals surface area contributed by atoms with E-state index >= 15 is 0 Å². The molecule has 3 nitrogen and oxygen atoms in total. The van der Waals surface area contributed by atoms with Crippen LogP contribution in [0, 0.1) is 0 Å². The first-order chi connectivity index (χ1) is 6.29. The summed E-state index contributed by atoms with van der Waals surface area (Å²) in [6.07, 6.45) is 2.37. The van der Waals surface area contributed by atoms with Gasteiger partial charge in [0.15, 0.2) is 0 Å². The average molecular weight is 203 g/mol. The fourth-order valence-electron chi connectivity index (χ4n) is 1.83. The fraction of sp³-hybridized carbons (Fsp3) is 1.00. The molecule has 0 bridgehead atoms. The summed E-state index contributed by atoms with van der Waals surface area (Å²) in [5.74, 6) is 8.04. The van der Waals surface area contributed by atoms with Gasteiger partial charge in [-0.2, -0.15) is 11.8 Å². The standard InChI is InChI=1S/C9H21N3S/c1-3-4-8(11-10)9-7-13-6-5-12(9)2/h8-9,11H,3-7,10H2,1-2H3. The third-order valence-electron chi connectivity index (χ3n) is 2.72. The van der Waals surface area contributed by atoms with Gasteiger partial charge in [0.1, 0.15) is 0 Å². The van der Waals surface area contributed by atoms with Crippen LogP contribution in [-0.4, -0.2) is 42.1 Å². The minimum atomic E-state index is 0.461. The molecule has 1 rings (SSSR count). The van der Waals surface area contributed by atoms with Gasteiger partial charge >= 0.3 is 0 Å². The van der Waals surface area contributed by atoms with E-state index in [1.807, 2.05) is 11.8 Å². The van der Waals surface area contributed by atoms with Crippen molar-refractivity contribution in [3.63, 3.8) is 0 Å². The van der Waals surface area contributed by atoms with Gasteiger partial charge < -0.3 is 4.90 Å². The summed E-state index contributed by atoms with van der Waals surface area (Å²) in [5.41, 5.74) is 2.95. The SMILES string of the molecule is CCCC(NN)C1CSCCN1C. The van der Waals surface area contributed by atoms with Crippen molar-refractivity contribution in [1.82, 2.24) is 10.3 Å². The van der Waals surface area contributed by atoms with Gasteiger partial charge in [-0.1, -0.05) is 13.3 Å². The third kappa shape index (κ3) is 3.13. The van der Waals surface area contributed by atoms with E-state index in [1.165, 1.54) is 30.9 Å². The lowest BCUT2D eigenvalue weighted by molar-refractivity contribution is 0.208. The van der Waals surface area contributed by atoms with E-state index in [-0.39, 0.29) is 0 Å². The second kappa shape index (κ2) is 5.86. The third-order valence-corrected chi connectivity index (χ3v) is 3.77. The Morgan fingerprint density at radius 3 is 3.00 bits per heavy atom. The molecule has 0 amide bonds. The summed E-state index contributed by atoms with van der Waals surface area (Å²) in [5, 5.41) is 0. The van der Waals surface area contributed by atoms with Crippen LogP contribution in [0.4, 0.5) is 0 Å². The lowest BCUT2D eigenvalue weighted by atomic mass is 10.0. The van der Waals surface area contributed by atoms with Crippen LogP contribution in [0.15, 0.2) is 0 Å². The van der Waals surface area contributed by atoms with Crippen LogP contribution in [-0.2, 0) is 0 Å². The summed E-state index contributed by atoms with van der Waals surface area (Å²) in [6, 6.07) is 1.08. The molecule has 1 aliphatic heterocycles. The molecule has 0 aromatic heterocycles. The zero-order valence-corrected chi connectivity index (χ0v) is 9.44. The zero-order valence-electron chi connectivity index (χ0n) is 8.62. The molecule has 1 heterocycles. The fourth-order valence-corrected chi connectivity index (χ4v) is 3.14. The molecule has 0 aliphatic carbocycles. The largest absolute Gasteiger partial charge is 0.300 e. The molecule has 4 heteroatoms. The Morgan fingerprint density at radius 1 is 1.69 bits per heavy atom. The Balaban J connectivity index is 2.44. The maximum Gasteiger partial charge on any atom is 0.0374 e. The Kier molecular flexibility index (Phi) is 5.09. The molecule has 2 atom stereocenters. The molecule has 2 unspecified atom stereocenters. The van der Waals surface area contributed by atoms with E-state index in [0.29, 0.717) is 12.1 Å². The summed E-state index contributed by atoms with van der Waals surface area (Å²) >= 11 is 2.04. The van der Waals surface area contributed by atoms with Gasteiger partial charge in [-0.3, -0.25) is 11.3 Å². The molecule has 0 aromatic carbocycles. The summed E-state index contributed by atoms with van der Waals surface area (Å²) in [6.45, 7) is 3.40. The number of rotatable bonds is 4. The highest BCUT2D eigenvalue weighted by molar-refractivity contribution is 7.99. The molecule has 0 radical (unpaired) electrons. The Morgan fingerprint density at radius 2 is 2.46 bits per heavy atom. The molecule has 1 saturated heterocycles. The van der Waals surface area contributed by atoms with E-state index in [0.717, 1.165) is 0 Å². The number of likely N-dealkylation sites (N-methyl/N-ethyl adjacent to an activating group) is 1. The number of thioether (sulfide) groups is 1. The van der Waals surface area contributed by atoms with Gasteiger partial charge in [0.2, 0.25) is 0 Å². The molecular formula is C9H21N3S. The second-order valence-electron chi connectivity index (χ2n) is 3.68. The molecule has 0 spiro atoms. The van der Waals surface area contributed by atoms with Crippen molar-refractivity contribution in [2.24, 2.45) is 5.84 Å². The Hall–Kier alpha value is 0.230. The van der Waals surface area contributed by atoms with Gasteiger partial charge in [0.05, 0.1) is 0 Å². The van der Waals surface area contributed by atoms with Gasteiger partial charge in [-0.25, -0.2) is 0 Å². The molecule has 1 fully saturated rings. The summed E-state index contributed by atoms with van der Waals surface area (Å²) < 4.78 is 0. The minimum absolute atomic E-state index is 0.461. The van der Waals surface area contributed by atoms with Gasteiger partial charge in [-0.05, 0) is 13.5 Å². The van der Waals surface area contributed by atoms with Crippen LogP contribution in [0.25, 0.3) is 0 Å². The Bertz CT molecular complexity index is 143. The molecule has 0 saturated carbocycles. The number of nitrogens with one attached hydrogen (secondary N) is 1. The molecule has 13 heavy (non-hydrogen) atoms. The zero-order chi connectivity index (χ0) is 9.68. The molecule has 0 aromatic rings. The smallest absolute Gasteiger partial charge is 0.0374 e. The van der Waals surface area contributed by atoms with Crippen molar-refractivity contribution in [3.8, 4) is 0 Å². The van der Waals surface area contributed by atoms with E-state index in [1.54, 1.807) is 0 Å². The number of hydrazine groups is 1. The lowest BCUT2D eigenvalue weighted by Gasteiger charge is -2.37. The highest BCUT2D eigenvalue weighted by Crippen LogP contribution is 2.19. The van der Waals surface area contributed by atoms with E-state index in [2.05, 4.69) is 24.3 Å². The minimum Gasteiger partial charge on any atom is -0.300 e. The van der Waals surface area contributed by atoms with Gasteiger partial charge in [0.25, 0.3) is 0 Å².